The second-order valence-corrected chi connectivity index (χ2v) is 4.25. The van der Waals surface area contributed by atoms with Crippen molar-refractivity contribution in [3.05, 3.63) is 32.6 Å². The molecule has 0 atom stereocenters. The number of anilines is 2. The molecule has 0 aliphatic heterocycles. The molecule has 0 radical (unpaired) electrons. The van der Waals surface area contributed by atoms with Crippen molar-refractivity contribution in [1.82, 2.24) is 19.7 Å². The van der Waals surface area contributed by atoms with E-state index in [-0.39, 0.29) is 24.6 Å². The van der Waals surface area contributed by atoms with Crippen LogP contribution in [0, 0.1) is 6.92 Å². The van der Waals surface area contributed by atoms with Gasteiger partial charge in [-0.15, -0.1) is 0 Å². The van der Waals surface area contributed by atoms with Crippen molar-refractivity contribution >= 4 is 11.5 Å². The van der Waals surface area contributed by atoms with Crippen molar-refractivity contribution in [2.45, 2.75) is 20.0 Å². The molecule has 10 heteroatoms. The Kier molecular flexibility index (Phi) is 4.38. The molecule has 10 nitrogen and oxygen atoms in total. The minimum absolute atomic E-state index is 0.0250. The number of ether oxygens (including phenoxy) is 1. The molecule has 0 saturated heterocycles. The van der Waals surface area contributed by atoms with Gasteiger partial charge in [-0.2, -0.15) is 4.98 Å². The largest absolute Gasteiger partial charge is 0.383 e. The molecule has 0 saturated carbocycles. The average Bonchev–Trinajstić information content (AvgIpc) is 2.84. The zero-order valence-corrected chi connectivity index (χ0v) is 11.7. The van der Waals surface area contributed by atoms with E-state index in [4.69, 9.17) is 15.0 Å². The average molecular weight is 296 g/mol. The Bertz CT molecular complexity index is 731. The van der Waals surface area contributed by atoms with Crippen LogP contribution in [0.1, 0.15) is 11.7 Å². The van der Waals surface area contributed by atoms with Crippen molar-refractivity contribution < 1.29 is 9.26 Å². The molecule has 0 fully saturated rings. The van der Waals surface area contributed by atoms with Crippen LogP contribution < -0.4 is 22.3 Å². The van der Waals surface area contributed by atoms with Gasteiger partial charge in [-0.05, 0) is 6.92 Å². The van der Waals surface area contributed by atoms with E-state index in [1.807, 2.05) is 0 Å². The highest BCUT2D eigenvalue weighted by Crippen LogP contribution is 2.11. The summed E-state index contributed by atoms with van der Waals surface area (Å²) in [4.78, 5) is 29.7. The highest BCUT2D eigenvalue weighted by molar-refractivity contribution is 5.60. The number of nitrogens with two attached hydrogens (primary N) is 1. The molecular formula is C11H16N6O4. The standard InChI is InChI=1S/C11H16N6O4/c1-6-14-7(21-16-6)5-13-8-9(12)17(3-4-20-2)11(19)15-10(8)18/h13H,3-5,12H2,1-2H3,(H,15,18,19). The number of aromatic amines is 1. The predicted octanol–water partition coefficient (Wildman–Crippen LogP) is -0.931. The Morgan fingerprint density at radius 1 is 1.48 bits per heavy atom. The minimum Gasteiger partial charge on any atom is -0.383 e. The number of hydrogen-bond donors (Lipinski definition) is 3. The van der Waals surface area contributed by atoms with E-state index in [2.05, 4.69) is 20.4 Å². The van der Waals surface area contributed by atoms with Gasteiger partial charge in [0.1, 0.15) is 11.5 Å². The molecule has 0 spiro atoms. The molecule has 2 aromatic rings. The van der Waals surface area contributed by atoms with Gasteiger partial charge in [0.25, 0.3) is 5.56 Å². The molecule has 2 heterocycles. The summed E-state index contributed by atoms with van der Waals surface area (Å²) in [6, 6.07) is 0. The molecule has 0 bridgehead atoms. The molecule has 2 aromatic heterocycles. The number of H-pyrrole nitrogens is 1. The zero-order valence-electron chi connectivity index (χ0n) is 11.7. The van der Waals surface area contributed by atoms with E-state index in [9.17, 15) is 9.59 Å². The summed E-state index contributed by atoms with van der Waals surface area (Å²) in [5.74, 6) is 0.816. The number of methoxy groups -OCH3 is 1. The number of nitrogen functional groups attached to an aromatic ring is 1. The van der Waals surface area contributed by atoms with Gasteiger partial charge in [-0.1, -0.05) is 5.16 Å². The third-order valence-corrected chi connectivity index (χ3v) is 2.74. The predicted molar refractivity (Wildman–Crippen MR) is 74.0 cm³/mol. The summed E-state index contributed by atoms with van der Waals surface area (Å²) in [6.45, 7) is 2.32. The third-order valence-electron chi connectivity index (χ3n) is 2.74. The Balaban J connectivity index is 2.26. The molecule has 0 aliphatic carbocycles. The Labute approximate surface area is 118 Å². The Morgan fingerprint density at radius 2 is 2.24 bits per heavy atom. The lowest BCUT2D eigenvalue weighted by atomic mass is 10.4. The van der Waals surface area contributed by atoms with Crippen molar-refractivity contribution in [3.63, 3.8) is 0 Å². The van der Waals surface area contributed by atoms with Gasteiger partial charge in [0, 0.05) is 7.11 Å². The number of rotatable bonds is 6. The molecular weight excluding hydrogens is 280 g/mol. The molecule has 2 rings (SSSR count). The second kappa shape index (κ2) is 6.22. The summed E-state index contributed by atoms with van der Waals surface area (Å²) in [7, 11) is 1.50. The van der Waals surface area contributed by atoms with Gasteiger partial charge in [0.05, 0.1) is 19.7 Å². The van der Waals surface area contributed by atoms with E-state index in [1.54, 1.807) is 6.92 Å². The quantitative estimate of drug-likeness (QED) is 0.620. The maximum absolute atomic E-state index is 11.8. The number of nitrogens with zero attached hydrogens (tertiary/aromatic N) is 3. The number of aryl methyl sites for hydroxylation is 1. The van der Waals surface area contributed by atoms with E-state index in [0.717, 1.165) is 0 Å². The maximum atomic E-state index is 11.8. The smallest absolute Gasteiger partial charge is 0.330 e. The fraction of sp³-hybridized carbons (Fsp3) is 0.455. The van der Waals surface area contributed by atoms with Gasteiger partial charge in [0.2, 0.25) is 5.89 Å². The van der Waals surface area contributed by atoms with Crippen molar-refractivity contribution in [2.75, 3.05) is 24.8 Å². The van der Waals surface area contributed by atoms with Crippen molar-refractivity contribution in [1.29, 1.82) is 0 Å². The van der Waals surface area contributed by atoms with E-state index in [1.165, 1.54) is 11.7 Å². The van der Waals surface area contributed by atoms with E-state index < -0.39 is 11.2 Å². The minimum atomic E-state index is -0.609. The highest BCUT2D eigenvalue weighted by Gasteiger charge is 2.13. The molecule has 0 aliphatic rings. The Hall–Kier alpha value is -2.62. The topological polar surface area (TPSA) is 141 Å². The van der Waals surface area contributed by atoms with Crippen LogP contribution in [0.4, 0.5) is 11.5 Å². The first-order valence-electron chi connectivity index (χ1n) is 6.17. The first-order valence-corrected chi connectivity index (χ1v) is 6.17. The SMILES string of the molecule is COCCn1c(N)c(NCc2nc(C)no2)c(=O)[nH]c1=O. The van der Waals surface area contributed by atoms with E-state index >= 15 is 0 Å². The molecule has 4 N–H and O–H groups in total. The lowest BCUT2D eigenvalue weighted by Crippen LogP contribution is -2.34. The first kappa shape index (κ1) is 14.8. The van der Waals surface area contributed by atoms with Crippen LogP contribution in [0.3, 0.4) is 0 Å². The van der Waals surface area contributed by atoms with Crippen LogP contribution in [0.15, 0.2) is 14.1 Å². The summed E-state index contributed by atoms with van der Waals surface area (Å²) in [5, 5.41) is 6.42. The summed E-state index contributed by atoms with van der Waals surface area (Å²) < 4.78 is 11.0. The van der Waals surface area contributed by atoms with Gasteiger partial charge < -0.3 is 20.3 Å². The Morgan fingerprint density at radius 3 is 2.86 bits per heavy atom. The fourth-order valence-corrected chi connectivity index (χ4v) is 1.74. The van der Waals surface area contributed by atoms with Crippen LogP contribution in [0.2, 0.25) is 0 Å². The van der Waals surface area contributed by atoms with Crippen LogP contribution >= 0.6 is 0 Å². The van der Waals surface area contributed by atoms with Crippen LogP contribution in [0.5, 0.6) is 0 Å². The van der Waals surface area contributed by atoms with Crippen LogP contribution in [-0.4, -0.2) is 33.4 Å². The molecule has 0 amide bonds. The summed E-state index contributed by atoms with van der Waals surface area (Å²) in [6.07, 6.45) is 0. The zero-order chi connectivity index (χ0) is 15.4. The lowest BCUT2D eigenvalue weighted by molar-refractivity contribution is 0.186. The number of hydrogen-bond acceptors (Lipinski definition) is 8. The highest BCUT2D eigenvalue weighted by atomic mass is 16.5. The molecule has 0 unspecified atom stereocenters. The van der Waals surface area contributed by atoms with Gasteiger partial charge in [0.15, 0.2) is 5.82 Å². The second-order valence-electron chi connectivity index (χ2n) is 4.25. The van der Waals surface area contributed by atoms with Crippen LogP contribution in [-0.2, 0) is 17.8 Å². The van der Waals surface area contributed by atoms with Crippen molar-refractivity contribution in [2.24, 2.45) is 0 Å². The lowest BCUT2D eigenvalue weighted by Gasteiger charge is -2.12. The summed E-state index contributed by atoms with van der Waals surface area (Å²) in [5.41, 5.74) is 4.73. The third kappa shape index (κ3) is 3.28. The summed E-state index contributed by atoms with van der Waals surface area (Å²) >= 11 is 0. The van der Waals surface area contributed by atoms with E-state index in [0.29, 0.717) is 18.3 Å². The first-order chi connectivity index (χ1) is 10.0. The number of aromatic nitrogens is 4. The number of nitrogens with one attached hydrogen (secondary N) is 2. The molecule has 114 valence electrons. The maximum Gasteiger partial charge on any atom is 0.330 e. The van der Waals surface area contributed by atoms with Gasteiger partial charge in [-0.3, -0.25) is 14.3 Å². The van der Waals surface area contributed by atoms with Crippen molar-refractivity contribution in [3.8, 4) is 0 Å². The van der Waals surface area contributed by atoms with Gasteiger partial charge in [-0.25, -0.2) is 4.79 Å². The van der Waals surface area contributed by atoms with Gasteiger partial charge >= 0.3 is 5.69 Å². The fourth-order valence-electron chi connectivity index (χ4n) is 1.74. The van der Waals surface area contributed by atoms with Crippen LogP contribution in [0.25, 0.3) is 0 Å². The molecule has 21 heavy (non-hydrogen) atoms. The molecule has 0 aromatic carbocycles. The monoisotopic (exact) mass is 296 g/mol. The normalized spacial score (nSPS) is 10.8.